The van der Waals surface area contributed by atoms with Gasteiger partial charge in [-0.2, -0.15) is 0 Å². The summed E-state index contributed by atoms with van der Waals surface area (Å²) in [7, 11) is 1.61. The fourth-order valence-corrected chi connectivity index (χ4v) is 1.62. The minimum absolute atomic E-state index is 0.555. The first-order valence-electron chi connectivity index (χ1n) is 5.89. The summed E-state index contributed by atoms with van der Waals surface area (Å²) >= 11 is 0. The van der Waals surface area contributed by atoms with Crippen molar-refractivity contribution in [3.05, 3.63) is 24.3 Å². The normalized spacial score (nSPS) is 10.5. The molecule has 0 unspecified atom stereocenters. The van der Waals surface area contributed by atoms with Gasteiger partial charge in [0.05, 0.1) is 18.1 Å². The maximum atomic E-state index is 5.25. The molecule has 90 valence electrons. The Kier molecular flexibility index (Phi) is 3.75. The molecule has 0 saturated heterocycles. The van der Waals surface area contributed by atoms with Gasteiger partial charge in [0.2, 0.25) is 0 Å². The van der Waals surface area contributed by atoms with Gasteiger partial charge in [0, 0.05) is 6.54 Å². The van der Waals surface area contributed by atoms with Crippen LogP contribution in [0.1, 0.15) is 19.8 Å². The van der Waals surface area contributed by atoms with Crippen LogP contribution in [0.25, 0.3) is 11.0 Å². The van der Waals surface area contributed by atoms with E-state index < -0.39 is 0 Å². The van der Waals surface area contributed by atoms with E-state index in [4.69, 9.17) is 4.74 Å². The van der Waals surface area contributed by atoms with Crippen LogP contribution < -0.4 is 10.1 Å². The lowest BCUT2D eigenvalue weighted by Crippen LogP contribution is -2.06. The number of anilines is 1. The number of ether oxygens (including phenoxy) is 1. The van der Waals surface area contributed by atoms with Gasteiger partial charge in [-0.15, -0.1) is 0 Å². The smallest absolute Gasteiger partial charge is 0.257 e. The lowest BCUT2D eigenvalue weighted by molar-refractivity contribution is 0.399. The molecule has 1 aromatic carbocycles. The molecule has 0 bridgehead atoms. The molecular weight excluding hydrogens is 214 g/mol. The number of hydrogen-bond acceptors (Lipinski definition) is 4. The minimum atomic E-state index is 0.555. The van der Waals surface area contributed by atoms with E-state index in [1.165, 1.54) is 0 Å². The van der Waals surface area contributed by atoms with Crippen molar-refractivity contribution in [2.45, 2.75) is 19.8 Å². The van der Waals surface area contributed by atoms with Gasteiger partial charge >= 0.3 is 0 Å². The summed E-state index contributed by atoms with van der Waals surface area (Å²) in [5.41, 5.74) is 1.73. The number of nitrogens with zero attached hydrogens (tertiary/aromatic N) is 2. The lowest BCUT2D eigenvalue weighted by Gasteiger charge is -2.09. The van der Waals surface area contributed by atoms with Crippen molar-refractivity contribution in [1.29, 1.82) is 0 Å². The molecule has 0 aliphatic heterocycles. The Morgan fingerprint density at radius 3 is 2.53 bits per heavy atom. The van der Waals surface area contributed by atoms with Crippen LogP contribution in [0.2, 0.25) is 0 Å². The highest BCUT2D eigenvalue weighted by Gasteiger charge is 2.07. The molecule has 0 fully saturated rings. The van der Waals surface area contributed by atoms with E-state index in [1.807, 2.05) is 24.3 Å². The van der Waals surface area contributed by atoms with Crippen LogP contribution in [-0.4, -0.2) is 23.6 Å². The number of methoxy groups -OCH3 is 1. The van der Waals surface area contributed by atoms with E-state index in [9.17, 15) is 0 Å². The Morgan fingerprint density at radius 2 is 1.88 bits per heavy atom. The number of para-hydroxylation sites is 2. The Labute approximate surface area is 101 Å². The molecule has 2 rings (SSSR count). The van der Waals surface area contributed by atoms with Gasteiger partial charge in [-0.05, 0) is 18.6 Å². The molecule has 1 aromatic heterocycles. The maximum Gasteiger partial charge on any atom is 0.257 e. The number of rotatable bonds is 5. The van der Waals surface area contributed by atoms with Crippen molar-refractivity contribution in [2.75, 3.05) is 19.0 Å². The topological polar surface area (TPSA) is 47.0 Å². The van der Waals surface area contributed by atoms with Crippen molar-refractivity contribution < 1.29 is 4.74 Å². The van der Waals surface area contributed by atoms with Gasteiger partial charge in [-0.3, -0.25) is 0 Å². The highest BCUT2D eigenvalue weighted by Crippen LogP contribution is 2.22. The minimum Gasteiger partial charge on any atom is -0.478 e. The SMILES string of the molecule is CCCCNc1nc2ccccc2nc1OC. The summed E-state index contributed by atoms with van der Waals surface area (Å²) in [5.74, 6) is 1.28. The molecule has 0 atom stereocenters. The van der Waals surface area contributed by atoms with Gasteiger partial charge in [0.1, 0.15) is 0 Å². The van der Waals surface area contributed by atoms with E-state index in [-0.39, 0.29) is 0 Å². The monoisotopic (exact) mass is 231 g/mol. The highest BCUT2D eigenvalue weighted by atomic mass is 16.5. The van der Waals surface area contributed by atoms with E-state index >= 15 is 0 Å². The Balaban J connectivity index is 2.32. The number of nitrogens with one attached hydrogen (secondary N) is 1. The molecule has 0 amide bonds. The van der Waals surface area contributed by atoms with Crippen molar-refractivity contribution in [2.24, 2.45) is 0 Å². The second kappa shape index (κ2) is 5.48. The van der Waals surface area contributed by atoms with Crippen LogP contribution in [0, 0.1) is 0 Å². The molecule has 1 heterocycles. The number of fused-ring (bicyclic) bond motifs is 1. The second-order valence-electron chi connectivity index (χ2n) is 3.85. The summed E-state index contributed by atoms with van der Waals surface area (Å²) in [4.78, 5) is 8.94. The molecule has 0 aliphatic rings. The predicted molar refractivity (Wildman–Crippen MR) is 69.5 cm³/mol. The number of aromatic nitrogens is 2. The Bertz CT molecular complexity index is 499. The average molecular weight is 231 g/mol. The molecule has 0 saturated carbocycles. The zero-order valence-electron chi connectivity index (χ0n) is 10.2. The molecule has 4 heteroatoms. The van der Waals surface area contributed by atoms with Gasteiger partial charge in [0.25, 0.3) is 5.88 Å². The first-order valence-corrected chi connectivity index (χ1v) is 5.89. The van der Waals surface area contributed by atoms with Gasteiger partial charge in [0.15, 0.2) is 5.82 Å². The molecule has 0 spiro atoms. The third-order valence-corrected chi connectivity index (χ3v) is 2.55. The van der Waals surface area contributed by atoms with Crippen LogP contribution >= 0.6 is 0 Å². The van der Waals surface area contributed by atoms with Crippen molar-refractivity contribution >= 4 is 16.9 Å². The highest BCUT2D eigenvalue weighted by molar-refractivity contribution is 5.77. The van der Waals surface area contributed by atoms with Crippen LogP contribution in [0.5, 0.6) is 5.88 Å². The zero-order chi connectivity index (χ0) is 12.1. The molecule has 4 nitrogen and oxygen atoms in total. The van der Waals surface area contributed by atoms with E-state index in [0.29, 0.717) is 5.88 Å². The first kappa shape index (κ1) is 11.6. The summed E-state index contributed by atoms with van der Waals surface area (Å²) in [6.07, 6.45) is 2.26. The number of benzene rings is 1. The fourth-order valence-electron chi connectivity index (χ4n) is 1.62. The molecule has 0 aliphatic carbocycles. The van der Waals surface area contributed by atoms with Gasteiger partial charge in [-0.25, -0.2) is 9.97 Å². The third kappa shape index (κ3) is 2.64. The van der Waals surface area contributed by atoms with Crippen LogP contribution in [0.4, 0.5) is 5.82 Å². The quantitative estimate of drug-likeness (QED) is 0.804. The van der Waals surface area contributed by atoms with Crippen molar-refractivity contribution in [1.82, 2.24) is 9.97 Å². The molecular formula is C13H17N3O. The second-order valence-corrected chi connectivity index (χ2v) is 3.85. The summed E-state index contributed by atoms with van der Waals surface area (Å²) < 4.78 is 5.25. The van der Waals surface area contributed by atoms with Crippen LogP contribution in [-0.2, 0) is 0 Å². The first-order chi connectivity index (χ1) is 8.35. The standard InChI is InChI=1S/C13H17N3O/c1-3-4-9-14-12-13(17-2)16-11-8-6-5-7-10(11)15-12/h5-8H,3-4,9H2,1-2H3,(H,14,15). The summed E-state index contributed by atoms with van der Waals surface area (Å²) in [5, 5.41) is 3.26. The molecule has 17 heavy (non-hydrogen) atoms. The third-order valence-electron chi connectivity index (χ3n) is 2.55. The fraction of sp³-hybridized carbons (Fsp3) is 0.385. The van der Waals surface area contributed by atoms with Crippen molar-refractivity contribution in [3.63, 3.8) is 0 Å². The average Bonchev–Trinajstić information content (AvgIpc) is 2.38. The molecule has 1 N–H and O–H groups in total. The van der Waals surface area contributed by atoms with Gasteiger partial charge < -0.3 is 10.1 Å². The summed E-state index contributed by atoms with van der Waals surface area (Å²) in [6.45, 7) is 3.05. The van der Waals surface area contributed by atoms with Gasteiger partial charge in [-0.1, -0.05) is 25.5 Å². The van der Waals surface area contributed by atoms with Crippen molar-refractivity contribution in [3.8, 4) is 5.88 Å². The Hall–Kier alpha value is -1.84. The van der Waals surface area contributed by atoms with E-state index in [2.05, 4.69) is 22.2 Å². The summed E-state index contributed by atoms with van der Waals surface area (Å²) in [6, 6.07) is 7.79. The maximum absolute atomic E-state index is 5.25. The number of hydrogen-bond donors (Lipinski definition) is 1. The van der Waals surface area contributed by atoms with Crippen LogP contribution in [0.3, 0.4) is 0 Å². The molecule has 2 aromatic rings. The molecule has 0 radical (unpaired) electrons. The van der Waals surface area contributed by atoms with E-state index in [1.54, 1.807) is 7.11 Å². The lowest BCUT2D eigenvalue weighted by atomic mass is 10.3. The predicted octanol–water partition coefficient (Wildman–Crippen LogP) is 2.85. The van der Waals surface area contributed by atoms with E-state index in [0.717, 1.165) is 36.2 Å². The largest absolute Gasteiger partial charge is 0.478 e. The zero-order valence-corrected chi connectivity index (χ0v) is 10.2. The van der Waals surface area contributed by atoms with Crippen LogP contribution in [0.15, 0.2) is 24.3 Å². The number of unbranched alkanes of at least 4 members (excludes halogenated alkanes) is 1. The Morgan fingerprint density at radius 1 is 1.18 bits per heavy atom.